The fraction of sp³-hybridized carbons (Fsp3) is 0.556. The molecule has 2 N–H and O–H groups in total. The van der Waals surface area contributed by atoms with Gasteiger partial charge in [0.1, 0.15) is 9.23 Å². The van der Waals surface area contributed by atoms with Crippen molar-refractivity contribution in [1.29, 1.82) is 0 Å². The first-order chi connectivity index (χ1) is 7.70. The number of nitrogens with one attached hydrogen (secondary N) is 1. The first kappa shape index (κ1) is 13.6. The van der Waals surface area contributed by atoms with Gasteiger partial charge >= 0.3 is 0 Å². The van der Waals surface area contributed by atoms with Gasteiger partial charge in [-0.25, -0.2) is 13.1 Å². The van der Waals surface area contributed by atoms with Crippen molar-refractivity contribution in [3.63, 3.8) is 0 Å². The van der Waals surface area contributed by atoms with Gasteiger partial charge in [0.05, 0.1) is 9.94 Å². The van der Waals surface area contributed by atoms with E-state index in [9.17, 15) is 13.5 Å². The lowest BCUT2D eigenvalue weighted by Crippen LogP contribution is -2.53. The predicted octanol–water partition coefficient (Wildman–Crippen LogP) is 2.25. The maximum atomic E-state index is 12.0. The van der Waals surface area contributed by atoms with Crippen LogP contribution in [0.5, 0.6) is 0 Å². The molecule has 96 valence electrons. The summed E-state index contributed by atoms with van der Waals surface area (Å²) in [5.74, 6) is 0. The minimum atomic E-state index is -3.65. The average molecular weight is 316 g/mol. The summed E-state index contributed by atoms with van der Waals surface area (Å²) < 4.78 is 26.9. The third-order valence-corrected chi connectivity index (χ3v) is 5.88. The van der Waals surface area contributed by atoms with Gasteiger partial charge in [-0.15, -0.1) is 11.3 Å². The van der Waals surface area contributed by atoms with Crippen LogP contribution in [-0.2, 0) is 10.0 Å². The fourth-order valence-corrected chi connectivity index (χ4v) is 5.26. The Morgan fingerprint density at radius 1 is 1.53 bits per heavy atom. The first-order valence-corrected chi connectivity index (χ1v) is 7.95. The van der Waals surface area contributed by atoms with E-state index in [1.54, 1.807) is 6.92 Å². The molecule has 1 aromatic rings. The summed E-state index contributed by atoms with van der Waals surface area (Å²) in [4.78, 5) is 0.000657. The highest BCUT2D eigenvalue weighted by molar-refractivity contribution is 7.89. The molecule has 0 aromatic carbocycles. The third-order valence-electron chi connectivity index (χ3n) is 2.61. The topological polar surface area (TPSA) is 66.4 Å². The standard InChI is InChI=1S/C9H11Cl2NO3S2/c1-9(13)3-5(4-9)12-17(14,15)6-2-7(10)16-8(6)11/h2,5,12-13H,3-4H2,1H3. The second-order valence-corrected chi connectivity index (χ2v) is 8.38. The summed E-state index contributed by atoms with van der Waals surface area (Å²) in [6.45, 7) is 1.67. The summed E-state index contributed by atoms with van der Waals surface area (Å²) >= 11 is 12.5. The van der Waals surface area contributed by atoms with Crippen molar-refractivity contribution >= 4 is 44.6 Å². The molecule has 2 rings (SSSR count). The Morgan fingerprint density at radius 2 is 2.12 bits per heavy atom. The van der Waals surface area contributed by atoms with Crippen molar-refractivity contribution in [2.24, 2.45) is 0 Å². The zero-order valence-corrected chi connectivity index (χ0v) is 12.0. The van der Waals surface area contributed by atoms with Gasteiger partial charge in [-0.1, -0.05) is 23.2 Å². The lowest BCUT2D eigenvalue weighted by atomic mass is 9.78. The van der Waals surface area contributed by atoms with Gasteiger partial charge in [-0.3, -0.25) is 0 Å². The SMILES string of the molecule is CC1(O)CC(NS(=O)(=O)c2cc(Cl)sc2Cl)C1. The number of thiophene rings is 1. The van der Waals surface area contributed by atoms with E-state index < -0.39 is 15.6 Å². The van der Waals surface area contributed by atoms with E-state index >= 15 is 0 Å². The smallest absolute Gasteiger partial charge is 0.243 e. The first-order valence-electron chi connectivity index (χ1n) is 4.89. The van der Waals surface area contributed by atoms with E-state index in [0.29, 0.717) is 17.2 Å². The number of halogens is 2. The molecule has 0 radical (unpaired) electrons. The predicted molar refractivity (Wildman–Crippen MR) is 68.3 cm³/mol. The van der Waals surface area contributed by atoms with Crippen LogP contribution >= 0.6 is 34.5 Å². The highest BCUT2D eigenvalue weighted by Gasteiger charge is 2.40. The van der Waals surface area contributed by atoms with Crippen molar-refractivity contribution in [2.45, 2.75) is 36.3 Å². The van der Waals surface area contributed by atoms with Gasteiger partial charge in [-0.05, 0) is 25.8 Å². The van der Waals surface area contributed by atoms with E-state index in [1.807, 2.05) is 0 Å². The van der Waals surface area contributed by atoms with Gasteiger partial charge in [0.2, 0.25) is 10.0 Å². The van der Waals surface area contributed by atoms with Gasteiger partial charge < -0.3 is 5.11 Å². The Labute approximate surface area is 114 Å². The summed E-state index contributed by atoms with van der Waals surface area (Å²) in [5.41, 5.74) is -0.775. The molecular weight excluding hydrogens is 305 g/mol. The zero-order valence-electron chi connectivity index (χ0n) is 8.91. The van der Waals surface area contributed by atoms with Crippen LogP contribution in [-0.4, -0.2) is 25.2 Å². The van der Waals surface area contributed by atoms with E-state index in [0.717, 1.165) is 11.3 Å². The lowest BCUT2D eigenvalue weighted by molar-refractivity contribution is -0.0329. The zero-order chi connectivity index (χ0) is 12.8. The molecule has 17 heavy (non-hydrogen) atoms. The minimum absolute atomic E-state index is 0.000657. The molecule has 1 aliphatic rings. The highest BCUT2D eigenvalue weighted by atomic mass is 35.5. The van der Waals surface area contributed by atoms with Crippen molar-refractivity contribution in [1.82, 2.24) is 4.72 Å². The van der Waals surface area contributed by atoms with E-state index in [4.69, 9.17) is 23.2 Å². The molecule has 0 atom stereocenters. The van der Waals surface area contributed by atoms with Crippen LogP contribution in [0.3, 0.4) is 0 Å². The molecule has 0 bridgehead atoms. The normalized spacial score (nSPS) is 29.1. The molecule has 0 spiro atoms. The van der Waals surface area contributed by atoms with Crippen molar-refractivity contribution in [2.75, 3.05) is 0 Å². The van der Waals surface area contributed by atoms with Gasteiger partial charge in [0, 0.05) is 6.04 Å². The van der Waals surface area contributed by atoms with Crippen LogP contribution in [0.15, 0.2) is 11.0 Å². The van der Waals surface area contributed by atoms with Crippen LogP contribution in [0.4, 0.5) is 0 Å². The molecule has 0 unspecified atom stereocenters. The maximum absolute atomic E-state index is 12.0. The average Bonchev–Trinajstić information content (AvgIpc) is 2.42. The number of hydrogen-bond acceptors (Lipinski definition) is 4. The molecule has 0 aliphatic heterocycles. The van der Waals surface area contributed by atoms with Crippen LogP contribution in [0.2, 0.25) is 8.67 Å². The Balaban J connectivity index is 2.13. The Hall–Kier alpha value is 0.150. The molecule has 8 heteroatoms. The molecular formula is C9H11Cl2NO3S2. The number of aliphatic hydroxyl groups is 1. The Bertz CT molecular complexity index is 530. The van der Waals surface area contributed by atoms with Crippen LogP contribution in [0.1, 0.15) is 19.8 Å². The molecule has 0 amide bonds. The van der Waals surface area contributed by atoms with Gasteiger partial charge in [-0.2, -0.15) is 0 Å². The molecule has 1 aromatic heterocycles. The van der Waals surface area contributed by atoms with Crippen molar-refractivity contribution in [3.05, 3.63) is 14.7 Å². The summed E-state index contributed by atoms with van der Waals surface area (Å²) in [6.07, 6.45) is 0.809. The maximum Gasteiger partial charge on any atom is 0.243 e. The summed E-state index contributed by atoms with van der Waals surface area (Å²) in [5, 5.41) is 9.53. The fourth-order valence-electron chi connectivity index (χ4n) is 1.88. The summed E-state index contributed by atoms with van der Waals surface area (Å²) in [7, 11) is -3.65. The molecule has 0 saturated heterocycles. The van der Waals surface area contributed by atoms with Crippen LogP contribution in [0, 0.1) is 0 Å². The number of rotatable bonds is 3. The van der Waals surface area contributed by atoms with Gasteiger partial charge in [0.15, 0.2) is 0 Å². The second-order valence-electron chi connectivity index (χ2n) is 4.41. The van der Waals surface area contributed by atoms with E-state index in [1.165, 1.54) is 6.07 Å². The Kier molecular flexibility index (Phi) is 3.48. The van der Waals surface area contributed by atoms with E-state index in [2.05, 4.69) is 4.72 Å². The lowest BCUT2D eigenvalue weighted by Gasteiger charge is -2.40. The number of hydrogen-bond donors (Lipinski definition) is 2. The van der Waals surface area contributed by atoms with E-state index in [-0.39, 0.29) is 15.3 Å². The Morgan fingerprint density at radius 3 is 2.53 bits per heavy atom. The second kappa shape index (κ2) is 4.36. The van der Waals surface area contributed by atoms with Crippen molar-refractivity contribution in [3.8, 4) is 0 Å². The van der Waals surface area contributed by atoms with Crippen LogP contribution < -0.4 is 4.72 Å². The monoisotopic (exact) mass is 315 g/mol. The van der Waals surface area contributed by atoms with Gasteiger partial charge in [0.25, 0.3) is 0 Å². The number of sulfonamides is 1. The highest BCUT2D eigenvalue weighted by Crippen LogP contribution is 2.36. The molecule has 1 aliphatic carbocycles. The third kappa shape index (κ3) is 2.94. The van der Waals surface area contributed by atoms with Crippen molar-refractivity contribution < 1.29 is 13.5 Å². The molecule has 1 heterocycles. The quantitative estimate of drug-likeness (QED) is 0.899. The van der Waals surface area contributed by atoms with Crippen LogP contribution in [0.25, 0.3) is 0 Å². The molecule has 4 nitrogen and oxygen atoms in total. The minimum Gasteiger partial charge on any atom is -0.390 e. The molecule has 1 fully saturated rings. The summed E-state index contributed by atoms with van der Waals surface area (Å²) in [6, 6.07) is 1.08. The molecule has 1 saturated carbocycles. The largest absolute Gasteiger partial charge is 0.390 e.